The third-order valence-corrected chi connectivity index (χ3v) is 2.69. The van der Waals surface area contributed by atoms with Crippen molar-refractivity contribution in [2.45, 2.75) is 25.8 Å². The molecule has 0 aliphatic rings. The van der Waals surface area contributed by atoms with Gasteiger partial charge in [-0.1, -0.05) is 6.07 Å². The highest BCUT2D eigenvalue weighted by molar-refractivity contribution is 5.79. The molecule has 1 aromatic rings. The van der Waals surface area contributed by atoms with Gasteiger partial charge in [0.2, 0.25) is 0 Å². The number of aryl methyl sites for hydroxylation is 1. The Hall–Kier alpha value is -1.62. The fraction of sp³-hybridized carbons (Fsp3) is 0.462. The largest absolute Gasteiger partial charge is 0.493 e. The van der Waals surface area contributed by atoms with Crippen LogP contribution in [0.5, 0.6) is 5.75 Å². The molecular weight excluding hydrogens is 237 g/mol. The summed E-state index contributed by atoms with van der Waals surface area (Å²) in [5.41, 5.74) is 5.22. The van der Waals surface area contributed by atoms with Gasteiger partial charge in [0.15, 0.2) is 0 Å². The molecule has 2 N–H and O–H groups in total. The molecule has 0 amide bonds. The number of hydrogen-bond acceptors (Lipinski definition) is 4. The molecule has 1 unspecified atom stereocenters. The predicted octanol–water partition coefficient (Wildman–Crippen LogP) is 1.79. The molecule has 1 aromatic carbocycles. The second kappa shape index (κ2) is 5.82. The average molecular weight is 255 g/mol. The van der Waals surface area contributed by atoms with E-state index in [4.69, 9.17) is 10.5 Å². The van der Waals surface area contributed by atoms with Crippen LogP contribution in [-0.2, 0) is 9.53 Å². The van der Waals surface area contributed by atoms with E-state index < -0.39 is 11.5 Å². The highest BCUT2D eigenvalue weighted by Crippen LogP contribution is 2.17. The molecule has 0 aliphatic heterocycles. The van der Waals surface area contributed by atoms with Crippen LogP contribution in [0.3, 0.4) is 0 Å². The standard InChI is InChI=1S/C13H18FNO3/c1-9-4-5-10(8-11(9)14)18-7-6-13(2,15)12(16)17-3/h4-5,8H,6-7,15H2,1-3H3. The molecule has 18 heavy (non-hydrogen) atoms. The van der Waals surface area contributed by atoms with Gasteiger partial charge in [-0.3, -0.25) is 4.79 Å². The lowest BCUT2D eigenvalue weighted by atomic mass is 10.0. The highest BCUT2D eigenvalue weighted by atomic mass is 19.1. The zero-order valence-electron chi connectivity index (χ0n) is 10.8. The number of esters is 1. The molecule has 5 heteroatoms. The molecule has 0 aromatic heterocycles. The first-order valence-electron chi connectivity index (χ1n) is 5.63. The van der Waals surface area contributed by atoms with Gasteiger partial charge in [-0.2, -0.15) is 0 Å². The van der Waals surface area contributed by atoms with E-state index >= 15 is 0 Å². The van der Waals surface area contributed by atoms with Gasteiger partial charge in [0.1, 0.15) is 17.1 Å². The summed E-state index contributed by atoms with van der Waals surface area (Å²) in [6, 6.07) is 4.61. The normalized spacial score (nSPS) is 13.8. The number of carbonyl (C=O) groups is 1. The Balaban J connectivity index is 2.51. The second-order valence-corrected chi connectivity index (χ2v) is 4.42. The van der Waals surface area contributed by atoms with Gasteiger partial charge in [-0.25, -0.2) is 4.39 Å². The maximum atomic E-state index is 13.2. The summed E-state index contributed by atoms with van der Waals surface area (Å²) in [4.78, 5) is 11.3. The van der Waals surface area contributed by atoms with Crippen LogP contribution in [0.15, 0.2) is 18.2 Å². The molecule has 0 heterocycles. The Labute approximate surface area is 106 Å². The highest BCUT2D eigenvalue weighted by Gasteiger charge is 2.29. The van der Waals surface area contributed by atoms with E-state index in [0.29, 0.717) is 11.3 Å². The summed E-state index contributed by atoms with van der Waals surface area (Å²) in [5.74, 6) is -0.407. The van der Waals surface area contributed by atoms with Gasteiger partial charge < -0.3 is 15.2 Å². The first-order valence-corrected chi connectivity index (χ1v) is 5.63. The van der Waals surface area contributed by atoms with Crippen molar-refractivity contribution in [1.29, 1.82) is 0 Å². The van der Waals surface area contributed by atoms with E-state index in [2.05, 4.69) is 4.74 Å². The maximum Gasteiger partial charge on any atom is 0.325 e. The predicted molar refractivity (Wildman–Crippen MR) is 65.9 cm³/mol. The fourth-order valence-electron chi connectivity index (χ4n) is 1.38. The van der Waals surface area contributed by atoms with Crippen molar-refractivity contribution < 1.29 is 18.7 Å². The Morgan fingerprint density at radius 1 is 1.50 bits per heavy atom. The molecular formula is C13H18FNO3. The Kier molecular flexibility index (Phi) is 4.67. The van der Waals surface area contributed by atoms with Crippen LogP contribution in [-0.4, -0.2) is 25.2 Å². The minimum atomic E-state index is -1.10. The number of halogens is 1. The van der Waals surface area contributed by atoms with Crippen LogP contribution in [0, 0.1) is 12.7 Å². The van der Waals surface area contributed by atoms with Crippen LogP contribution in [0.2, 0.25) is 0 Å². The first kappa shape index (κ1) is 14.4. The number of ether oxygens (including phenoxy) is 2. The minimum absolute atomic E-state index is 0.213. The second-order valence-electron chi connectivity index (χ2n) is 4.42. The summed E-state index contributed by atoms with van der Waals surface area (Å²) >= 11 is 0. The van der Waals surface area contributed by atoms with Gasteiger partial charge >= 0.3 is 5.97 Å². The molecule has 0 spiro atoms. The molecule has 1 rings (SSSR count). The van der Waals surface area contributed by atoms with E-state index in [1.165, 1.54) is 13.2 Å². The molecule has 0 saturated carbocycles. The molecule has 0 saturated heterocycles. The molecule has 0 fully saturated rings. The number of nitrogens with two attached hydrogens (primary N) is 1. The van der Waals surface area contributed by atoms with Crippen molar-refractivity contribution in [3.8, 4) is 5.75 Å². The summed E-state index contributed by atoms with van der Waals surface area (Å²) in [7, 11) is 1.28. The number of carbonyl (C=O) groups excluding carboxylic acids is 1. The lowest BCUT2D eigenvalue weighted by Crippen LogP contribution is -2.46. The summed E-state index contributed by atoms with van der Waals surface area (Å²) in [6.45, 7) is 3.45. The molecule has 0 aliphatic carbocycles. The van der Waals surface area contributed by atoms with Gasteiger partial charge in [0.25, 0.3) is 0 Å². The number of benzene rings is 1. The van der Waals surface area contributed by atoms with Crippen molar-refractivity contribution in [3.63, 3.8) is 0 Å². The fourth-order valence-corrected chi connectivity index (χ4v) is 1.38. The van der Waals surface area contributed by atoms with Crippen LogP contribution < -0.4 is 10.5 Å². The molecule has 0 radical (unpaired) electrons. The van der Waals surface area contributed by atoms with E-state index in [-0.39, 0.29) is 18.8 Å². The van der Waals surface area contributed by atoms with E-state index in [1.54, 1.807) is 26.0 Å². The van der Waals surface area contributed by atoms with Crippen molar-refractivity contribution >= 4 is 5.97 Å². The number of methoxy groups -OCH3 is 1. The third-order valence-electron chi connectivity index (χ3n) is 2.69. The Morgan fingerprint density at radius 3 is 2.72 bits per heavy atom. The van der Waals surface area contributed by atoms with E-state index in [0.717, 1.165) is 0 Å². The zero-order valence-corrected chi connectivity index (χ0v) is 10.8. The summed E-state index contributed by atoms with van der Waals surface area (Å²) in [6.07, 6.45) is 0.287. The molecule has 4 nitrogen and oxygen atoms in total. The van der Waals surface area contributed by atoms with E-state index in [1.807, 2.05) is 0 Å². The maximum absolute atomic E-state index is 13.2. The van der Waals surface area contributed by atoms with Gasteiger partial charge in [0, 0.05) is 12.5 Å². The summed E-state index contributed by atoms with van der Waals surface area (Å²) in [5, 5.41) is 0. The molecule has 0 bridgehead atoms. The van der Waals surface area contributed by atoms with Crippen LogP contribution in [0.1, 0.15) is 18.9 Å². The number of rotatable bonds is 5. The Morgan fingerprint density at radius 2 is 2.17 bits per heavy atom. The third kappa shape index (κ3) is 3.70. The lowest BCUT2D eigenvalue weighted by Gasteiger charge is -2.21. The topological polar surface area (TPSA) is 61.5 Å². The van der Waals surface area contributed by atoms with Gasteiger partial charge in [0.05, 0.1) is 13.7 Å². The minimum Gasteiger partial charge on any atom is -0.493 e. The van der Waals surface area contributed by atoms with Crippen molar-refractivity contribution in [2.75, 3.05) is 13.7 Å². The quantitative estimate of drug-likeness (QED) is 0.815. The monoisotopic (exact) mass is 255 g/mol. The van der Waals surface area contributed by atoms with Crippen LogP contribution in [0.25, 0.3) is 0 Å². The van der Waals surface area contributed by atoms with Crippen molar-refractivity contribution in [2.24, 2.45) is 5.73 Å². The van der Waals surface area contributed by atoms with Crippen LogP contribution in [0.4, 0.5) is 4.39 Å². The zero-order chi connectivity index (χ0) is 13.8. The van der Waals surface area contributed by atoms with Gasteiger partial charge in [-0.15, -0.1) is 0 Å². The van der Waals surface area contributed by atoms with Crippen molar-refractivity contribution in [1.82, 2.24) is 0 Å². The van der Waals surface area contributed by atoms with Gasteiger partial charge in [-0.05, 0) is 25.5 Å². The van der Waals surface area contributed by atoms with Crippen LogP contribution >= 0.6 is 0 Å². The first-order chi connectivity index (χ1) is 8.36. The van der Waals surface area contributed by atoms with E-state index in [9.17, 15) is 9.18 Å². The Bertz CT molecular complexity index is 432. The average Bonchev–Trinajstić information content (AvgIpc) is 2.32. The molecule has 100 valence electrons. The number of hydrogen-bond donors (Lipinski definition) is 1. The van der Waals surface area contributed by atoms with Crippen molar-refractivity contribution in [3.05, 3.63) is 29.6 Å². The smallest absolute Gasteiger partial charge is 0.325 e. The SMILES string of the molecule is COC(=O)C(C)(N)CCOc1ccc(C)c(F)c1. The molecule has 1 atom stereocenters. The summed E-state index contributed by atoms with van der Waals surface area (Å²) < 4.78 is 23.2. The lowest BCUT2D eigenvalue weighted by molar-refractivity contribution is -0.146.